The first-order valence-electron chi connectivity index (χ1n) is 12.8. The first-order valence-corrected chi connectivity index (χ1v) is 15.7. The van der Waals surface area contributed by atoms with Crippen LogP contribution in [0.25, 0.3) is 6.08 Å². The number of carbonyl (C=O) groups excluding carboxylic acids is 3. The Morgan fingerprint density at radius 3 is 2.32 bits per heavy atom. The van der Waals surface area contributed by atoms with Crippen LogP contribution in [-0.4, -0.2) is 59.6 Å². The zero-order chi connectivity index (χ0) is 28.9. The maximum absolute atomic E-state index is 13.1. The molecule has 11 heteroatoms. The van der Waals surface area contributed by atoms with Gasteiger partial charge in [-0.05, 0) is 98.9 Å². The average molecular weight is 790 g/mol. The third kappa shape index (κ3) is 6.87. The van der Waals surface area contributed by atoms with E-state index < -0.39 is 11.1 Å². The van der Waals surface area contributed by atoms with E-state index in [2.05, 4.69) is 56.2 Å². The summed E-state index contributed by atoms with van der Waals surface area (Å²) < 4.78 is 7.71. The maximum Gasteiger partial charge on any atom is 0.294 e. The second-order valence-corrected chi connectivity index (χ2v) is 12.7. The van der Waals surface area contributed by atoms with Crippen LogP contribution in [0.5, 0.6) is 5.75 Å². The fraction of sp³-hybridized carbons (Fsp3) is 0.200. The number of hydrogen-bond acceptors (Lipinski definition) is 7. The minimum absolute atomic E-state index is 0.232. The van der Waals surface area contributed by atoms with Crippen molar-refractivity contribution in [1.82, 2.24) is 9.80 Å². The highest BCUT2D eigenvalue weighted by Crippen LogP contribution is 2.35. The SMILES string of the molecule is N#Cc1ccccc1COc1c(I)cc(/C=C2/SC(=O)N(CC(=O)N3CCN(c4ccccc4)CC3)C2=O)cc1I. The highest BCUT2D eigenvalue weighted by Gasteiger charge is 2.37. The highest BCUT2D eigenvalue weighted by atomic mass is 127. The van der Waals surface area contributed by atoms with Crippen LogP contribution in [0.2, 0.25) is 0 Å². The van der Waals surface area contributed by atoms with E-state index in [9.17, 15) is 19.6 Å². The maximum atomic E-state index is 13.1. The second kappa shape index (κ2) is 13.3. The summed E-state index contributed by atoms with van der Waals surface area (Å²) in [6.45, 7) is 2.45. The molecule has 0 N–H and O–H groups in total. The minimum Gasteiger partial charge on any atom is -0.487 e. The molecule has 3 aromatic carbocycles. The Balaban J connectivity index is 1.21. The van der Waals surface area contributed by atoms with Gasteiger partial charge in [0.05, 0.1) is 23.7 Å². The lowest BCUT2D eigenvalue weighted by Crippen LogP contribution is -2.51. The quantitative estimate of drug-likeness (QED) is 0.223. The second-order valence-electron chi connectivity index (χ2n) is 9.34. The van der Waals surface area contributed by atoms with E-state index in [1.54, 1.807) is 17.0 Å². The standard InChI is InChI=1S/C30H24I2N4O4S/c31-24-14-20(15-25(32)28(24)40-19-22-7-5-4-6-21(22)17-33)16-26-29(38)36(30(39)41-26)18-27(37)35-12-10-34(11-13-35)23-8-2-1-3-9-23/h1-9,14-16H,10-13,18-19H2/b26-16+. The van der Waals surface area contributed by atoms with E-state index >= 15 is 0 Å². The highest BCUT2D eigenvalue weighted by molar-refractivity contribution is 14.1. The molecule has 0 aliphatic carbocycles. The van der Waals surface area contributed by atoms with Crippen LogP contribution in [0.15, 0.2) is 71.6 Å². The van der Waals surface area contributed by atoms with Crippen LogP contribution >= 0.6 is 56.9 Å². The molecule has 0 atom stereocenters. The third-order valence-electron chi connectivity index (χ3n) is 6.75. The average Bonchev–Trinajstić information content (AvgIpc) is 3.24. The van der Waals surface area contributed by atoms with Gasteiger partial charge in [-0.15, -0.1) is 0 Å². The number of ether oxygens (including phenoxy) is 1. The number of rotatable bonds is 7. The molecule has 0 spiro atoms. The molecule has 2 saturated heterocycles. The third-order valence-corrected chi connectivity index (χ3v) is 9.26. The number of benzene rings is 3. The first-order chi connectivity index (χ1) is 19.8. The topological polar surface area (TPSA) is 93.9 Å². The van der Waals surface area contributed by atoms with Crippen molar-refractivity contribution in [3.8, 4) is 11.8 Å². The monoisotopic (exact) mass is 790 g/mol. The van der Waals surface area contributed by atoms with Crippen LogP contribution in [0.4, 0.5) is 10.5 Å². The number of nitriles is 1. The van der Waals surface area contributed by atoms with E-state index in [1.807, 2.05) is 60.7 Å². The molecule has 2 aliphatic heterocycles. The smallest absolute Gasteiger partial charge is 0.294 e. The van der Waals surface area contributed by atoms with E-state index in [-0.39, 0.29) is 24.0 Å². The fourth-order valence-electron chi connectivity index (χ4n) is 4.58. The van der Waals surface area contributed by atoms with Crippen molar-refractivity contribution in [2.24, 2.45) is 0 Å². The molecule has 0 saturated carbocycles. The lowest BCUT2D eigenvalue weighted by atomic mass is 10.1. The molecule has 208 valence electrons. The van der Waals surface area contributed by atoms with Crippen molar-refractivity contribution in [2.45, 2.75) is 6.61 Å². The zero-order valence-electron chi connectivity index (χ0n) is 21.8. The minimum atomic E-state index is -0.463. The van der Waals surface area contributed by atoms with Crippen molar-refractivity contribution in [3.63, 3.8) is 0 Å². The van der Waals surface area contributed by atoms with Gasteiger partial charge in [0.25, 0.3) is 11.1 Å². The molecule has 8 nitrogen and oxygen atoms in total. The molecule has 0 unspecified atom stereocenters. The Morgan fingerprint density at radius 2 is 1.63 bits per heavy atom. The van der Waals surface area contributed by atoms with Gasteiger partial charge in [0.1, 0.15) is 18.9 Å². The summed E-state index contributed by atoms with van der Waals surface area (Å²) in [5.41, 5.74) is 3.23. The van der Waals surface area contributed by atoms with Gasteiger partial charge in [-0.3, -0.25) is 19.3 Å². The summed E-state index contributed by atoms with van der Waals surface area (Å²) in [6.07, 6.45) is 1.67. The Labute approximate surface area is 269 Å². The molecule has 2 fully saturated rings. The van der Waals surface area contributed by atoms with E-state index in [0.29, 0.717) is 37.5 Å². The number of carbonyl (C=O) groups is 3. The summed E-state index contributed by atoms with van der Waals surface area (Å²) in [5.74, 6) is -0.0123. The van der Waals surface area contributed by atoms with Crippen molar-refractivity contribution >= 4 is 85.8 Å². The van der Waals surface area contributed by atoms with Gasteiger partial charge in [0.2, 0.25) is 5.91 Å². The largest absolute Gasteiger partial charge is 0.487 e. The number of imide groups is 1. The number of amides is 3. The lowest BCUT2D eigenvalue weighted by molar-refractivity contribution is -0.136. The number of hydrogen-bond donors (Lipinski definition) is 0. The molecular weight excluding hydrogens is 766 g/mol. The predicted molar refractivity (Wildman–Crippen MR) is 175 cm³/mol. The van der Waals surface area contributed by atoms with Crippen molar-refractivity contribution in [2.75, 3.05) is 37.6 Å². The summed E-state index contributed by atoms with van der Waals surface area (Å²) in [7, 11) is 0. The molecule has 3 amide bonds. The Kier molecular flexibility index (Phi) is 9.51. The van der Waals surface area contributed by atoms with Gasteiger partial charge < -0.3 is 14.5 Å². The van der Waals surface area contributed by atoms with Crippen molar-refractivity contribution in [1.29, 1.82) is 5.26 Å². The zero-order valence-corrected chi connectivity index (χ0v) is 26.9. The van der Waals surface area contributed by atoms with Gasteiger partial charge in [-0.1, -0.05) is 36.4 Å². The molecule has 3 aromatic rings. The van der Waals surface area contributed by atoms with E-state index in [4.69, 9.17) is 4.74 Å². The fourth-order valence-corrected chi connectivity index (χ4v) is 7.55. The van der Waals surface area contributed by atoms with Gasteiger partial charge >= 0.3 is 0 Å². The molecule has 5 rings (SSSR count). The van der Waals surface area contributed by atoms with Gasteiger partial charge in [-0.25, -0.2) is 0 Å². The Hall–Kier alpha value is -3.09. The molecule has 2 aliphatic rings. The Morgan fingerprint density at radius 1 is 0.976 bits per heavy atom. The normalized spacial score (nSPS) is 16.3. The first kappa shape index (κ1) is 29.4. The van der Waals surface area contributed by atoms with E-state index in [0.717, 1.165) is 40.6 Å². The molecular formula is C30H24I2N4O4S. The number of piperazine rings is 1. The predicted octanol–water partition coefficient (Wildman–Crippen LogP) is 5.73. The summed E-state index contributed by atoms with van der Waals surface area (Å²) >= 11 is 5.19. The lowest BCUT2D eigenvalue weighted by Gasteiger charge is -2.36. The van der Waals surface area contributed by atoms with E-state index in [1.165, 1.54) is 0 Å². The number of halogens is 2. The van der Waals surface area contributed by atoms with Crippen LogP contribution < -0.4 is 9.64 Å². The Bertz CT molecular complexity index is 1540. The van der Waals surface area contributed by atoms with Crippen molar-refractivity contribution in [3.05, 3.63) is 95.5 Å². The van der Waals surface area contributed by atoms with Gasteiger partial charge in [0.15, 0.2) is 0 Å². The molecule has 0 radical (unpaired) electrons. The van der Waals surface area contributed by atoms with Crippen molar-refractivity contribution < 1.29 is 19.1 Å². The number of para-hydroxylation sites is 1. The summed E-state index contributed by atoms with van der Waals surface area (Å²) in [4.78, 5) is 44.0. The molecule has 41 heavy (non-hydrogen) atoms. The number of thioether (sulfide) groups is 1. The van der Waals surface area contributed by atoms with Gasteiger partial charge in [0, 0.05) is 37.4 Å². The molecule has 0 aromatic heterocycles. The summed E-state index contributed by atoms with van der Waals surface area (Å²) in [5, 5.41) is 8.88. The van der Waals surface area contributed by atoms with Crippen LogP contribution in [0.3, 0.4) is 0 Å². The van der Waals surface area contributed by atoms with Gasteiger partial charge in [-0.2, -0.15) is 5.26 Å². The number of nitrogens with zero attached hydrogens (tertiary/aromatic N) is 4. The van der Waals surface area contributed by atoms with Crippen LogP contribution in [-0.2, 0) is 16.2 Å². The van der Waals surface area contributed by atoms with Crippen LogP contribution in [0, 0.1) is 18.5 Å². The van der Waals surface area contributed by atoms with Crippen LogP contribution in [0.1, 0.15) is 16.7 Å². The molecule has 0 bridgehead atoms. The summed E-state index contributed by atoms with van der Waals surface area (Å²) in [6, 6.07) is 23.3. The molecule has 2 heterocycles. The number of anilines is 1.